The van der Waals surface area contributed by atoms with Crippen LogP contribution in [0.3, 0.4) is 0 Å². The van der Waals surface area contributed by atoms with E-state index in [9.17, 15) is 4.79 Å². The van der Waals surface area contributed by atoms with E-state index in [1.807, 2.05) is 35.0 Å². The van der Waals surface area contributed by atoms with Crippen molar-refractivity contribution in [2.75, 3.05) is 5.32 Å². The highest BCUT2D eigenvalue weighted by molar-refractivity contribution is 7.09. The van der Waals surface area contributed by atoms with Crippen LogP contribution in [0.25, 0.3) is 0 Å². The fraction of sp³-hybridized carbons (Fsp3) is 0.263. The molecule has 2 heterocycles. The van der Waals surface area contributed by atoms with Crippen molar-refractivity contribution in [1.29, 1.82) is 0 Å². The van der Waals surface area contributed by atoms with Gasteiger partial charge in [0.15, 0.2) is 0 Å². The molecule has 0 fully saturated rings. The van der Waals surface area contributed by atoms with Crippen molar-refractivity contribution >= 4 is 22.9 Å². The summed E-state index contributed by atoms with van der Waals surface area (Å²) in [6.07, 6.45) is 7.48. The molecule has 1 aromatic carbocycles. The highest BCUT2D eigenvalue weighted by atomic mass is 32.1. The van der Waals surface area contributed by atoms with Crippen LogP contribution in [0.2, 0.25) is 0 Å². The van der Waals surface area contributed by atoms with Gasteiger partial charge in [-0.25, -0.2) is 4.98 Å². The average molecular weight is 355 g/mol. The Kier molecular flexibility index (Phi) is 5.85. The third kappa shape index (κ3) is 5.46. The van der Waals surface area contributed by atoms with Gasteiger partial charge in [-0.15, -0.1) is 11.3 Å². The smallest absolute Gasteiger partial charge is 0.221 e. The van der Waals surface area contributed by atoms with Gasteiger partial charge in [-0.1, -0.05) is 6.07 Å². The monoisotopic (exact) mass is 355 g/mol. The molecule has 0 aliphatic rings. The second-order valence-electron chi connectivity index (χ2n) is 5.82. The first-order valence-electron chi connectivity index (χ1n) is 8.21. The van der Waals surface area contributed by atoms with Crippen molar-refractivity contribution in [3.63, 3.8) is 0 Å². The van der Waals surface area contributed by atoms with E-state index >= 15 is 0 Å². The maximum atomic E-state index is 11.1. The number of nitrogens with zero attached hydrogens (tertiary/aromatic N) is 2. The maximum Gasteiger partial charge on any atom is 0.221 e. The van der Waals surface area contributed by atoms with Gasteiger partial charge in [-0.2, -0.15) is 0 Å². The zero-order valence-electron chi connectivity index (χ0n) is 14.1. The van der Waals surface area contributed by atoms with Crippen LogP contribution in [-0.2, 0) is 17.8 Å². The van der Waals surface area contributed by atoms with Gasteiger partial charge in [0.1, 0.15) is 11.9 Å². The number of rotatable bonds is 8. The van der Waals surface area contributed by atoms with Gasteiger partial charge in [-0.05, 0) is 48.6 Å². The summed E-state index contributed by atoms with van der Waals surface area (Å²) in [5, 5.41) is 4.86. The quantitative estimate of drug-likeness (QED) is 0.665. The number of anilines is 1. The molecule has 0 saturated heterocycles. The van der Waals surface area contributed by atoms with Gasteiger partial charge in [-0.3, -0.25) is 4.79 Å². The van der Waals surface area contributed by atoms with Gasteiger partial charge in [0, 0.05) is 29.9 Å². The van der Waals surface area contributed by atoms with Crippen LogP contribution in [0.15, 0.2) is 60.5 Å². The third-order valence-electron chi connectivity index (χ3n) is 3.74. The van der Waals surface area contributed by atoms with Crippen molar-refractivity contribution in [2.45, 2.75) is 32.4 Å². The molecule has 0 radical (unpaired) electrons. The molecular formula is C19H21N3O2S. The van der Waals surface area contributed by atoms with Crippen LogP contribution in [-0.4, -0.2) is 21.6 Å². The molecule has 3 aromatic rings. The fourth-order valence-corrected chi connectivity index (χ4v) is 3.31. The van der Waals surface area contributed by atoms with Crippen molar-refractivity contribution < 1.29 is 9.53 Å². The number of carbonyl (C=O) groups is 1. The number of hydrogen-bond acceptors (Lipinski definition) is 4. The van der Waals surface area contributed by atoms with Gasteiger partial charge < -0.3 is 14.6 Å². The highest BCUT2D eigenvalue weighted by Gasteiger charge is 2.12. The lowest BCUT2D eigenvalue weighted by Gasteiger charge is -2.20. The number of ether oxygens (including phenoxy) is 1. The summed E-state index contributed by atoms with van der Waals surface area (Å²) in [7, 11) is 0. The molecule has 2 aromatic heterocycles. The minimum atomic E-state index is -0.0809. The van der Waals surface area contributed by atoms with Crippen LogP contribution in [0.1, 0.15) is 18.2 Å². The molecular weight excluding hydrogens is 334 g/mol. The summed E-state index contributed by atoms with van der Waals surface area (Å²) in [6, 6.07) is 11.7. The second kappa shape index (κ2) is 8.48. The van der Waals surface area contributed by atoms with E-state index in [0.717, 1.165) is 30.8 Å². The van der Waals surface area contributed by atoms with Crippen LogP contribution in [0, 0.1) is 0 Å². The summed E-state index contributed by atoms with van der Waals surface area (Å²) >= 11 is 1.77. The second-order valence-corrected chi connectivity index (χ2v) is 6.86. The number of nitrogens with one attached hydrogen (secondary N) is 1. The van der Waals surface area contributed by atoms with Crippen LogP contribution in [0.4, 0.5) is 5.69 Å². The first-order valence-corrected chi connectivity index (χ1v) is 9.09. The summed E-state index contributed by atoms with van der Waals surface area (Å²) in [4.78, 5) is 16.6. The molecule has 0 aliphatic heterocycles. The number of aromatic nitrogens is 2. The number of benzene rings is 1. The Bertz CT molecular complexity index is 768. The standard InChI is InChI=1S/C19H21N3O2S/c1-15(23)21-16-4-6-17(7-5-16)24-18(13-22-11-10-20-14-22)8-9-19-3-2-12-25-19/h2-7,10-12,14,18H,8-9,13H2,1H3,(H,21,23). The molecule has 25 heavy (non-hydrogen) atoms. The number of hydrogen-bond donors (Lipinski definition) is 1. The first-order chi connectivity index (χ1) is 12.2. The van der Waals surface area contributed by atoms with Crippen molar-refractivity contribution in [3.05, 3.63) is 65.4 Å². The Morgan fingerprint density at radius 2 is 2.16 bits per heavy atom. The largest absolute Gasteiger partial charge is 0.489 e. The maximum absolute atomic E-state index is 11.1. The third-order valence-corrected chi connectivity index (χ3v) is 4.68. The zero-order chi connectivity index (χ0) is 17.5. The summed E-state index contributed by atoms with van der Waals surface area (Å²) in [6.45, 7) is 2.24. The lowest BCUT2D eigenvalue weighted by atomic mass is 10.1. The molecule has 1 atom stereocenters. The van der Waals surface area contributed by atoms with Gasteiger partial charge >= 0.3 is 0 Å². The molecule has 3 rings (SSSR count). The minimum absolute atomic E-state index is 0.0444. The molecule has 6 heteroatoms. The molecule has 1 N–H and O–H groups in total. The minimum Gasteiger partial charge on any atom is -0.489 e. The number of amides is 1. The lowest BCUT2D eigenvalue weighted by molar-refractivity contribution is -0.114. The molecule has 0 spiro atoms. The zero-order valence-corrected chi connectivity index (χ0v) is 14.9. The van der Waals surface area contributed by atoms with Crippen LogP contribution < -0.4 is 10.1 Å². The first kappa shape index (κ1) is 17.2. The lowest BCUT2D eigenvalue weighted by Crippen LogP contribution is -2.23. The molecule has 130 valence electrons. The van der Waals surface area contributed by atoms with E-state index in [-0.39, 0.29) is 12.0 Å². The highest BCUT2D eigenvalue weighted by Crippen LogP contribution is 2.20. The summed E-state index contributed by atoms with van der Waals surface area (Å²) in [5.74, 6) is 0.716. The Labute approximate surface area is 151 Å². The van der Waals surface area contributed by atoms with E-state index in [1.54, 1.807) is 23.9 Å². The number of thiophene rings is 1. The number of imidazole rings is 1. The van der Waals surface area contributed by atoms with Gasteiger partial charge in [0.25, 0.3) is 0 Å². The van der Waals surface area contributed by atoms with E-state index in [0.29, 0.717) is 0 Å². The predicted molar refractivity (Wildman–Crippen MR) is 100 cm³/mol. The fourth-order valence-electron chi connectivity index (χ4n) is 2.59. The number of aryl methyl sites for hydroxylation is 1. The van der Waals surface area contributed by atoms with Crippen molar-refractivity contribution in [1.82, 2.24) is 9.55 Å². The molecule has 5 nitrogen and oxygen atoms in total. The molecule has 1 amide bonds. The van der Waals surface area contributed by atoms with Gasteiger partial charge in [0.2, 0.25) is 5.91 Å². The van der Waals surface area contributed by atoms with E-state index in [2.05, 4.69) is 27.8 Å². The molecule has 0 aliphatic carbocycles. The Balaban J connectivity index is 1.64. The summed E-state index contributed by atoms with van der Waals surface area (Å²) in [5.41, 5.74) is 0.768. The van der Waals surface area contributed by atoms with E-state index in [4.69, 9.17) is 4.74 Å². The van der Waals surface area contributed by atoms with Crippen LogP contribution >= 0.6 is 11.3 Å². The predicted octanol–water partition coefficient (Wildman–Crippen LogP) is 3.98. The number of carbonyl (C=O) groups excluding carboxylic acids is 1. The van der Waals surface area contributed by atoms with E-state index in [1.165, 1.54) is 11.8 Å². The Morgan fingerprint density at radius 1 is 1.32 bits per heavy atom. The van der Waals surface area contributed by atoms with Crippen molar-refractivity contribution in [2.24, 2.45) is 0 Å². The molecule has 0 bridgehead atoms. The SMILES string of the molecule is CC(=O)Nc1ccc(OC(CCc2cccs2)Cn2ccnc2)cc1. The Morgan fingerprint density at radius 3 is 2.80 bits per heavy atom. The van der Waals surface area contributed by atoms with Crippen LogP contribution in [0.5, 0.6) is 5.75 Å². The normalized spacial score (nSPS) is 11.9. The molecule has 1 unspecified atom stereocenters. The van der Waals surface area contributed by atoms with Gasteiger partial charge in [0.05, 0.1) is 12.9 Å². The topological polar surface area (TPSA) is 56.1 Å². The Hall–Kier alpha value is -2.60. The van der Waals surface area contributed by atoms with E-state index < -0.39 is 0 Å². The summed E-state index contributed by atoms with van der Waals surface area (Å²) < 4.78 is 8.22. The average Bonchev–Trinajstić information content (AvgIpc) is 3.27. The van der Waals surface area contributed by atoms with Crippen molar-refractivity contribution in [3.8, 4) is 5.75 Å². The molecule has 0 saturated carbocycles.